The summed E-state index contributed by atoms with van der Waals surface area (Å²) in [6, 6.07) is 18.1. The molecule has 0 saturated heterocycles. The molecule has 25 heavy (non-hydrogen) atoms. The van der Waals surface area contributed by atoms with Gasteiger partial charge in [-0.25, -0.2) is 4.79 Å². The topological polar surface area (TPSA) is 55.4 Å². The van der Waals surface area contributed by atoms with Crippen molar-refractivity contribution in [3.8, 4) is 0 Å². The van der Waals surface area contributed by atoms with E-state index >= 15 is 0 Å². The summed E-state index contributed by atoms with van der Waals surface area (Å²) in [5, 5.41) is 4.99. The molecule has 0 atom stereocenters. The van der Waals surface area contributed by atoms with Crippen LogP contribution in [0.25, 0.3) is 10.8 Å². The maximum absolute atomic E-state index is 12.3. The Morgan fingerprint density at radius 1 is 1.00 bits per heavy atom. The summed E-state index contributed by atoms with van der Waals surface area (Å²) in [6.45, 7) is 1.44. The van der Waals surface area contributed by atoms with Gasteiger partial charge in [-0.3, -0.25) is 4.79 Å². The minimum Gasteiger partial charge on any atom is -0.452 e. The van der Waals surface area contributed by atoms with Gasteiger partial charge in [-0.15, -0.1) is 0 Å². The number of carbonyl (C=O) groups is 2. The lowest BCUT2D eigenvalue weighted by Gasteiger charge is -2.10. The van der Waals surface area contributed by atoms with Crippen LogP contribution in [0.1, 0.15) is 15.9 Å². The molecule has 0 radical (unpaired) electrons. The zero-order valence-electron chi connectivity index (χ0n) is 13.6. The van der Waals surface area contributed by atoms with Gasteiger partial charge in [0.2, 0.25) is 0 Å². The molecule has 3 rings (SSSR count). The van der Waals surface area contributed by atoms with E-state index in [0.29, 0.717) is 16.3 Å². The molecular formula is C20H16ClNO3. The molecule has 0 unspecified atom stereocenters. The molecule has 0 fully saturated rings. The number of benzene rings is 3. The second-order valence-corrected chi connectivity index (χ2v) is 5.97. The molecule has 0 aliphatic rings. The van der Waals surface area contributed by atoms with Crippen LogP contribution in [0.5, 0.6) is 0 Å². The Balaban J connectivity index is 1.67. The lowest BCUT2D eigenvalue weighted by atomic mass is 10.1. The minimum absolute atomic E-state index is 0.367. The first kappa shape index (κ1) is 17.0. The minimum atomic E-state index is -0.533. The van der Waals surface area contributed by atoms with E-state index < -0.39 is 11.9 Å². The molecule has 0 spiro atoms. The van der Waals surface area contributed by atoms with Gasteiger partial charge in [-0.05, 0) is 41.5 Å². The predicted molar refractivity (Wildman–Crippen MR) is 99.0 cm³/mol. The Hall–Kier alpha value is -2.85. The van der Waals surface area contributed by atoms with Crippen LogP contribution in [-0.4, -0.2) is 18.5 Å². The number of ether oxygens (including phenoxy) is 1. The van der Waals surface area contributed by atoms with E-state index in [0.717, 1.165) is 16.3 Å². The van der Waals surface area contributed by atoms with Crippen LogP contribution in [0.3, 0.4) is 0 Å². The van der Waals surface area contributed by atoms with Crippen LogP contribution < -0.4 is 5.32 Å². The fraction of sp³-hybridized carbons (Fsp3) is 0.100. The number of nitrogens with one attached hydrogen (secondary N) is 1. The number of fused-ring (bicyclic) bond motifs is 1. The van der Waals surface area contributed by atoms with Crippen molar-refractivity contribution >= 4 is 39.9 Å². The van der Waals surface area contributed by atoms with Crippen molar-refractivity contribution in [2.75, 3.05) is 11.9 Å². The van der Waals surface area contributed by atoms with E-state index in [1.807, 2.05) is 30.3 Å². The first-order chi connectivity index (χ1) is 12.1. The molecule has 0 aliphatic carbocycles. The number of rotatable bonds is 4. The van der Waals surface area contributed by atoms with E-state index in [1.54, 1.807) is 37.3 Å². The van der Waals surface area contributed by atoms with Gasteiger partial charge in [-0.1, -0.05) is 54.1 Å². The SMILES string of the molecule is Cc1c(Cl)cccc1NC(=O)COC(=O)c1cccc2ccccc12. The smallest absolute Gasteiger partial charge is 0.339 e. The molecule has 5 heteroatoms. The van der Waals surface area contributed by atoms with Gasteiger partial charge in [0.05, 0.1) is 5.56 Å². The molecule has 0 bridgehead atoms. The highest BCUT2D eigenvalue weighted by atomic mass is 35.5. The fourth-order valence-corrected chi connectivity index (χ4v) is 2.72. The average molecular weight is 354 g/mol. The number of hydrogen-bond donors (Lipinski definition) is 1. The quantitative estimate of drug-likeness (QED) is 0.697. The first-order valence-corrected chi connectivity index (χ1v) is 8.14. The van der Waals surface area contributed by atoms with Crippen LogP contribution in [-0.2, 0) is 9.53 Å². The number of carbonyl (C=O) groups excluding carboxylic acids is 2. The molecule has 3 aromatic carbocycles. The number of esters is 1. The van der Waals surface area contributed by atoms with Gasteiger partial charge < -0.3 is 10.1 Å². The maximum Gasteiger partial charge on any atom is 0.339 e. The molecule has 1 amide bonds. The molecule has 0 saturated carbocycles. The summed E-state index contributed by atoms with van der Waals surface area (Å²) in [7, 11) is 0. The Morgan fingerprint density at radius 3 is 2.56 bits per heavy atom. The summed E-state index contributed by atoms with van der Waals surface area (Å²) in [5.41, 5.74) is 1.79. The van der Waals surface area contributed by atoms with Crippen LogP contribution in [0.4, 0.5) is 5.69 Å². The summed E-state index contributed by atoms with van der Waals surface area (Å²) in [5.74, 6) is -0.950. The zero-order chi connectivity index (χ0) is 17.8. The normalized spacial score (nSPS) is 10.5. The van der Waals surface area contributed by atoms with Crippen molar-refractivity contribution in [2.24, 2.45) is 0 Å². The molecule has 3 aromatic rings. The van der Waals surface area contributed by atoms with Crippen LogP contribution >= 0.6 is 11.6 Å². The van der Waals surface area contributed by atoms with Gasteiger partial charge in [-0.2, -0.15) is 0 Å². The largest absolute Gasteiger partial charge is 0.452 e. The summed E-state index contributed by atoms with van der Waals surface area (Å²) < 4.78 is 5.16. The van der Waals surface area contributed by atoms with Crippen molar-refractivity contribution in [3.63, 3.8) is 0 Å². The van der Waals surface area contributed by atoms with Gasteiger partial charge in [0.15, 0.2) is 6.61 Å². The molecular weight excluding hydrogens is 338 g/mol. The number of anilines is 1. The monoisotopic (exact) mass is 353 g/mol. The van der Waals surface area contributed by atoms with Gasteiger partial charge in [0, 0.05) is 10.7 Å². The van der Waals surface area contributed by atoms with Crippen LogP contribution in [0.2, 0.25) is 5.02 Å². The van der Waals surface area contributed by atoms with Crippen molar-refractivity contribution in [1.29, 1.82) is 0 Å². The average Bonchev–Trinajstić information content (AvgIpc) is 2.63. The van der Waals surface area contributed by atoms with E-state index in [-0.39, 0.29) is 6.61 Å². The highest BCUT2D eigenvalue weighted by Crippen LogP contribution is 2.23. The van der Waals surface area contributed by atoms with Gasteiger partial charge in [0.25, 0.3) is 5.91 Å². The third kappa shape index (κ3) is 3.80. The lowest BCUT2D eigenvalue weighted by Crippen LogP contribution is -2.21. The van der Waals surface area contributed by atoms with Crippen LogP contribution in [0, 0.1) is 6.92 Å². The standard InChI is InChI=1S/C20H16ClNO3/c1-13-17(21)10-5-11-18(13)22-19(23)12-25-20(24)16-9-4-7-14-6-2-3-8-15(14)16/h2-11H,12H2,1H3,(H,22,23). The second kappa shape index (κ2) is 7.36. The zero-order valence-corrected chi connectivity index (χ0v) is 14.3. The summed E-state index contributed by atoms with van der Waals surface area (Å²) >= 11 is 6.02. The number of halogens is 1. The molecule has 4 nitrogen and oxygen atoms in total. The highest BCUT2D eigenvalue weighted by molar-refractivity contribution is 6.31. The van der Waals surface area contributed by atoms with E-state index in [2.05, 4.69) is 5.32 Å². The fourth-order valence-electron chi connectivity index (χ4n) is 2.54. The van der Waals surface area contributed by atoms with Gasteiger partial charge >= 0.3 is 5.97 Å². The Morgan fingerprint density at radius 2 is 1.72 bits per heavy atom. The lowest BCUT2D eigenvalue weighted by molar-refractivity contribution is -0.119. The number of amides is 1. The van der Waals surface area contributed by atoms with Crippen molar-refractivity contribution in [3.05, 3.63) is 76.8 Å². The second-order valence-electron chi connectivity index (χ2n) is 5.56. The van der Waals surface area contributed by atoms with Gasteiger partial charge in [0.1, 0.15) is 0 Å². The van der Waals surface area contributed by atoms with E-state index in [9.17, 15) is 9.59 Å². The molecule has 0 heterocycles. The highest BCUT2D eigenvalue weighted by Gasteiger charge is 2.14. The third-order valence-electron chi connectivity index (χ3n) is 3.89. The summed E-state index contributed by atoms with van der Waals surface area (Å²) in [4.78, 5) is 24.4. The molecule has 0 aromatic heterocycles. The molecule has 126 valence electrons. The van der Waals surface area contributed by atoms with Crippen molar-refractivity contribution < 1.29 is 14.3 Å². The third-order valence-corrected chi connectivity index (χ3v) is 4.30. The summed E-state index contributed by atoms with van der Waals surface area (Å²) in [6.07, 6.45) is 0. The first-order valence-electron chi connectivity index (χ1n) is 7.76. The van der Waals surface area contributed by atoms with Crippen LogP contribution in [0.15, 0.2) is 60.7 Å². The van der Waals surface area contributed by atoms with E-state index in [4.69, 9.17) is 16.3 Å². The Kier molecular flexibility index (Phi) is 5.00. The number of hydrogen-bond acceptors (Lipinski definition) is 3. The molecule has 1 N–H and O–H groups in total. The Bertz CT molecular complexity index is 947. The Labute approximate surface area is 150 Å². The van der Waals surface area contributed by atoms with E-state index in [1.165, 1.54) is 0 Å². The van der Waals surface area contributed by atoms with Crippen molar-refractivity contribution in [1.82, 2.24) is 0 Å². The maximum atomic E-state index is 12.3. The predicted octanol–water partition coefficient (Wildman–Crippen LogP) is 4.60. The van der Waals surface area contributed by atoms with Crippen molar-refractivity contribution in [2.45, 2.75) is 6.92 Å². The molecule has 0 aliphatic heterocycles.